The highest BCUT2D eigenvalue weighted by Gasteiger charge is 2.23. The van der Waals surface area contributed by atoms with Gasteiger partial charge in [-0.2, -0.15) is 0 Å². The number of halogens is 1. The maximum atomic E-state index is 12.8. The van der Waals surface area contributed by atoms with Gasteiger partial charge in [-0.3, -0.25) is 9.59 Å². The van der Waals surface area contributed by atoms with Crippen LogP contribution >= 0.6 is 22.6 Å². The van der Waals surface area contributed by atoms with Gasteiger partial charge in [0.25, 0.3) is 11.8 Å². The van der Waals surface area contributed by atoms with Crippen LogP contribution < -0.4 is 10.2 Å². The minimum atomic E-state index is -0.110. The Hall–Kier alpha value is -2.87. The van der Waals surface area contributed by atoms with Crippen LogP contribution in [0.3, 0.4) is 0 Å². The first-order valence-electron chi connectivity index (χ1n) is 10.3. The van der Waals surface area contributed by atoms with Crippen LogP contribution in [0.2, 0.25) is 0 Å². The van der Waals surface area contributed by atoms with Crippen molar-refractivity contribution in [1.29, 1.82) is 0 Å². The van der Waals surface area contributed by atoms with Crippen LogP contribution in [0.4, 0.5) is 11.4 Å². The third kappa shape index (κ3) is 4.90. The number of aryl methyl sites for hydroxylation is 1. The lowest BCUT2D eigenvalue weighted by molar-refractivity contribution is 0.0746. The number of nitrogens with zero attached hydrogens (tertiary/aromatic N) is 2. The van der Waals surface area contributed by atoms with Crippen molar-refractivity contribution in [3.8, 4) is 0 Å². The summed E-state index contributed by atoms with van der Waals surface area (Å²) in [5.41, 5.74) is 4.32. The maximum absolute atomic E-state index is 12.8. The first kappa shape index (κ1) is 21.4. The molecular weight excluding hydrogens is 501 g/mol. The lowest BCUT2D eigenvalue weighted by Gasteiger charge is -2.36. The van der Waals surface area contributed by atoms with Gasteiger partial charge < -0.3 is 15.1 Å². The van der Waals surface area contributed by atoms with Gasteiger partial charge in [0.2, 0.25) is 0 Å². The van der Waals surface area contributed by atoms with Gasteiger partial charge in [-0.25, -0.2) is 0 Å². The average molecular weight is 525 g/mol. The zero-order chi connectivity index (χ0) is 21.8. The Morgan fingerprint density at radius 1 is 0.806 bits per heavy atom. The van der Waals surface area contributed by atoms with Crippen molar-refractivity contribution in [2.75, 3.05) is 36.4 Å². The Kier molecular flexibility index (Phi) is 6.56. The predicted octanol–water partition coefficient (Wildman–Crippen LogP) is 4.81. The summed E-state index contributed by atoms with van der Waals surface area (Å²) < 4.78 is 0.923. The van der Waals surface area contributed by atoms with E-state index in [0.717, 1.165) is 39.2 Å². The highest BCUT2D eigenvalue weighted by atomic mass is 127. The third-order valence-corrected chi connectivity index (χ3v) is 6.49. The number of carbonyl (C=O) groups is 2. The second kappa shape index (κ2) is 9.51. The highest BCUT2D eigenvalue weighted by Crippen LogP contribution is 2.22. The van der Waals surface area contributed by atoms with E-state index in [9.17, 15) is 9.59 Å². The Bertz CT molecular complexity index is 1090. The largest absolute Gasteiger partial charge is 0.368 e. The van der Waals surface area contributed by atoms with Crippen LogP contribution in [-0.4, -0.2) is 42.9 Å². The van der Waals surface area contributed by atoms with Crippen molar-refractivity contribution < 1.29 is 9.59 Å². The number of benzene rings is 3. The summed E-state index contributed by atoms with van der Waals surface area (Å²) in [7, 11) is 0. The van der Waals surface area contributed by atoms with E-state index >= 15 is 0 Å². The molecule has 0 spiro atoms. The maximum Gasteiger partial charge on any atom is 0.256 e. The third-order valence-electron chi connectivity index (χ3n) is 5.55. The normalized spacial score (nSPS) is 13.7. The van der Waals surface area contributed by atoms with Gasteiger partial charge in [0.05, 0.1) is 5.56 Å². The van der Waals surface area contributed by atoms with E-state index in [2.05, 4.69) is 32.8 Å². The van der Waals surface area contributed by atoms with Gasteiger partial charge in [-0.15, -0.1) is 0 Å². The Labute approximate surface area is 196 Å². The molecule has 1 saturated heterocycles. The van der Waals surface area contributed by atoms with Crippen LogP contribution in [0.5, 0.6) is 0 Å². The van der Waals surface area contributed by atoms with Crippen molar-refractivity contribution in [1.82, 2.24) is 4.90 Å². The van der Waals surface area contributed by atoms with Gasteiger partial charge in [-0.1, -0.05) is 30.3 Å². The van der Waals surface area contributed by atoms with Crippen molar-refractivity contribution in [3.63, 3.8) is 0 Å². The summed E-state index contributed by atoms with van der Waals surface area (Å²) >= 11 is 2.17. The molecule has 1 aliphatic heterocycles. The quantitative estimate of drug-likeness (QED) is 0.498. The van der Waals surface area contributed by atoms with E-state index in [4.69, 9.17) is 0 Å². The number of nitrogens with one attached hydrogen (secondary N) is 1. The molecule has 0 bridgehead atoms. The SMILES string of the molecule is Cc1ccccc1C(=O)N1CCN(c2ccc(NC(=O)c3ccccc3I)cc2)CC1. The van der Waals surface area contributed by atoms with Crippen molar-refractivity contribution in [2.24, 2.45) is 0 Å². The van der Waals surface area contributed by atoms with Gasteiger partial charge in [0, 0.05) is 46.7 Å². The van der Waals surface area contributed by atoms with E-state index < -0.39 is 0 Å². The standard InChI is InChI=1S/C25H24IN3O2/c1-18-6-2-3-7-21(18)25(31)29-16-14-28(15-17-29)20-12-10-19(11-13-20)27-24(30)22-8-4-5-9-23(22)26/h2-13H,14-17H2,1H3,(H,27,30). The molecule has 1 heterocycles. The Balaban J connectivity index is 1.35. The first-order chi connectivity index (χ1) is 15.0. The van der Waals surface area contributed by atoms with Crippen LogP contribution in [0.15, 0.2) is 72.8 Å². The summed E-state index contributed by atoms with van der Waals surface area (Å²) in [6.07, 6.45) is 0. The van der Waals surface area contributed by atoms with E-state index in [1.807, 2.05) is 84.6 Å². The summed E-state index contributed by atoms with van der Waals surface area (Å²) in [5.74, 6) is -0.00700. The number of hydrogen-bond donors (Lipinski definition) is 1. The molecule has 0 aromatic heterocycles. The minimum Gasteiger partial charge on any atom is -0.368 e. The molecule has 3 aromatic carbocycles. The average Bonchev–Trinajstić information content (AvgIpc) is 2.80. The zero-order valence-electron chi connectivity index (χ0n) is 17.3. The van der Waals surface area contributed by atoms with Gasteiger partial charge >= 0.3 is 0 Å². The molecular formula is C25H24IN3O2. The summed E-state index contributed by atoms with van der Waals surface area (Å²) in [5, 5.41) is 2.96. The number of hydrogen-bond acceptors (Lipinski definition) is 3. The number of carbonyl (C=O) groups excluding carboxylic acids is 2. The summed E-state index contributed by atoms with van der Waals surface area (Å²) in [6, 6.07) is 23.1. The monoisotopic (exact) mass is 525 g/mol. The van der Waals surface area contributed by atoms with Crippen LogP contribution in [-0.2, 0) is 0 Å². The summed E-state index contributed by atoms with van der Waals surface area (Å²) in [6.45, 7) is 4.93. The summed E-state index contributed by atoms with van der Waals surface area (Å²) in [4.78, 5) is 29.5. The van der Waals surface area contributed by atoms with Crippen LogP contribution in [0.1, 0.15) is 26.3 Å². The number of rotatable bonds is 4. The van der Waals surface area contributed by atoms with Gasteiger partial charge in [-0.05, 0) is 77.5 Å². The molecule has 0 atom stereocenters. The first-order valence-corrected chi connectivity index (χ1v) is 11.4. The number of anilines is 2. The van der Waals surface area contributed by atoms with E-state index in [0.29, 0.717) is 18.7 Å². The van der Waals surface area contributed by atoms with E-state index in [1.54, 1.807) is 0 Å². The van der Waals surface area contributed by atoms with Gasteiger partial charge in [0.1, 0.15) is 0 Å². The molecule has 3 aromatic rings. The van der Waals surface area contributed by atoms with E-state index in [-0.39, 0.29) is 11.8 Å². The fraction of sp³-hybridized carbons (Fsp3) is 0.200. The van der Waals surface area contributed by atoms with Crippen molar-refractivity contribution >= 4 is 45.8 Å². The van der Waals surface area contributed by atoms with Crippen LogP contribution in [0.25, 0.3) is 0 Å². The second-order valence-corrected chi connectivity index (χ2v) is 8.74. The van der Waals surface area contributed by atoms with Crippen molar-refractivity contribution in [3.05, 3.63) is 93.1 Å². The number of piperazine rings is 1. The highest BCUT2D eigenvalue weighted by molar-refractivity contribution is 14.1. The van der Waals surface area contributed by atoms with E-state index in [1.165, 1.54) is 0 Å². The van der Waals surface area contributed by atoms with Crippen LogP contribution in [0, 0.1) is 10.5 Å². The fourth-order valence-electron chi connectivity index (χ4n) is 3.75. The molecule has 1 N–H and O–H groups in total. The molecule has 0 unspecified atom stereocenters. The van der Waals surface area contributed by atoms with Crippen molar-refractivity contribution in [2.45, 2.75) is 6.92 Å². The lowest BCUT2D eigenvalue weighted by atomic mass is 10.1. The molecule has 0 radical (unpaired) electrons. The molecule has 0 aliphatic carbocycles. The smallest absolute Gasteiger partial charge is 0.256 e. The molecule has 31 heavy (non-hydrogen) atoms. The fourth-order valence-corrected chi connectivity index (χ4v) is 4.38. The predicted molar refractivity (Wildman–Crippen MR) is 133 cm³/mol. The topological polar surface area (TPSA) is 52.7 Å². The lowest BCUT2D eigenvalue weighted by Crippen LogP contribution is -2.48. The minimum absolute atomic E-state index is 0.103. The molecule has 2 amide bonds. The molecule has 158 valence electrons. The Morgan fingerprint density at radius 3 is 2.06 bits per heavy atom. The van der Waals surface area contributed by atoms with Gasteiger partial charge in [0.15, 0.2) is 0 Å². The molecule has 6 heteroatoms. The Morgan fingerprint density at radius 2 is 1.42 bits per heavy atom. The molecule has 0 saturated carbocycles. The second-order valence-electron chi connectivity index (χ2n) is 7.58. The number of amides is 2. The molecule has 1 aliphatic rings. The molecule has 5 nitrogen and oxygen atoms in total. The molecule has 4 rings (SSSR count). The zero-order valence-corrected chi connectivity index (χ0v) is 19.5. The molecule has 1 fully saturated rings.